The van der Waals surface area contributed by atoms with Crippen LogP contribution >= 0.6 is 0 Å². The van der Waals surface area contributed by atoms with Crippen molar-refractivity contribution in [2.45, 2.75) is 45.1 Å². The van der Waals surface area contributed by atoms with Crippen molar-refractivity contribution in [3.8, 4) is 17.0 Å². The fourth-order valence-corrected chi connectivity index (χ4v) is 3.97. The fraction of sp³-hybridized carbons (Fsp3) is 0.276. The van der Waals surface area contributed by atoms with E-state index in [0.29, 0.717) is 5.56 Å². The first-order valence-corrected chi connectivity index (χ1v) is 12.3. The number of β-amino-alcohol motifs (C(OH)–C–C–N with tert-alkyl or cyclic N) is 1. The van der Waals surface area contributed by atoms with Gasteiger partial charge in [0, 0.05) is 36.5 Å². The Kier molecular flexibility index (Phi) is 8.32. The van der Waals surface area contributed by atoms with Crippen LogP contribution in [0.25, 0.3) is 11.3 Å². The highest BCUT2D eigenvalue weighted by atomic mass is 16.6. The molecule has 4 aromatic rings. The molecule has 0 fully saturated rings. The van der Waals surface area contributed by atoms with Crippen LogP contribution in [0.1, 0.15) is 37.5 Å². The van der Waals surface area contributed by atoms with Gasteiger partial charge >= 0.3 is 5.69 Å². The van der Waals surface area contributed by atoms with Gasteiger partial charge in [-0.05, 0) is 37.5 Å². The first-order chi connectivity index (χ1) is 17.8. The molecule has 8 nitrogen and oxygen atoms in total. The second-order valence-corrected chi connectivity index (χ2v) is 9.65. The third kappa shape index (κ3) is 7.25. The van der Waals surface area contributed by atoms with Gasteiger partial charge in [-0.15, -0.1) is 0 Å². The van der Waals surface area contributed by atoms with E-state index < -0.39 is 11.0 Å². The van der Waals surface area contributed by atoms with Gasteiger partial charge in [0.25, 0.3) is 0 Å². The maximum absolute atomic E-state index is 11.7. The SMILES string of the molecule is CC(C)(CCn1cnc(-c2ccccc2)c1)NC[C@H](O)c1ccc(OCc2ccccc2)c([N+](=O)[O-])c1. The van der Waals surface area contributed by atoms with E-state index in [-0.39, 0.29) is 30.1 Å². The lowest BCUT2D eigenvalue weighted by Crippen LogP contribution is -2.42. The molecule has 0 spiro atoms. The third-order valence-corrected chi connectivity index (χ3v) is 6.27. The number of nitrogens with zero attached hydrogens (tertiary/aromatic N) is 3. The highest BCUT2D eigenvalue weighted by Crippen LogP contribution is 2.31. The van der Waals surface area contributed by atoms with Crippen molar-refractivity contribution >= 4 is 5.69 Å². The summed E-state index contributed by atoms with van der Waals surface area (Å²) in [5.41, 5.74) is 2.94. The number of ether oxygens (including phenoxy) is 1. The largest absolute Gasteiger partial charge is 0.482 e. The average molecular weight is 501 g/mol. The number of aryl methyl sites for hydroxylation is 1. The van der Waals surface area contributed by atoms with Crippen LogP contribution in [0.2, 0.25) is 0 Å². The summed E-state index contributed by atoms with van der Waals surface area (Å²) in [5, 5.41) is 25.8. The van der Waals surface area contributed by atoms with Crippen LogP contribution in [-0.4, -0.2) is 31.7 Å². The lowest BCUT2D eigenvalue weighted by atomic mass is 9.99. The zero-order valence-electron chi connectivity index (χ0n) is 21.1. The smallest absolute Gasteiger partial charge is 0.311 e. The van der Waals surface area contributed by atoms with Crippen molar-refractivity contribution in [1.29, 1.82) is 0 Å². The minimum atomic E-state index is -0.904. The van der Waals surface area contributed by atoms with Crippen molar-refractivity contribution in [3.05, 3.63) is 113 Å². The number of aromatic nitrogens is 2. The minimum absolute atomic E-state index is 0.166. The number of rotatable bonds is 12. The molecule has 8 heteroatoms. The van der Waals surface area contributed by atoms with Gasteiger partial charge in [0.1, 0.15) is 6.61 Å². The number of hydrogen-bond acceptors (Lipinski definition) is 6. The quantitative estimate of drug-likeness (QED) is 0.196. The van der Waals surface area contributed by atoms with Gasteiger partial charge in [0.2, 0.25) is 0 Å². The van der Waals surface area contributed by atoms with Crippen molar-refractivity contribution in [3.63, 3.8) is 0 Å². The molecule has 0 unspecified atom stereocenters. The number of hydrogen-bond donors (Lipinski definition) is 2. The Morgan fingerprint density at radius 3 is 2.49 bits per heavy atom. The van der Waals surface area contributed by atoms with Gasteiger partial charge in [-0.2, -0.15) is 0 Å². The summed E-state index contributed by atoms with van der Waals surface area (Å²) in [5.74, 6) is 0.174. The highest BCUT2D eigenvalue weighted by molar-refractivity contribution is 5.57. The molecule has 4 rings (SSSR count). The first-order valence-electron chi connectivity index (χ1n) is 12.3. The summed E-state index contributed by atoms with van der Waals surface area (Å²) in [6, 6.07) is 24.1. The molecule has 1 aromatic heterocycles. The summed E-state index contributed by atoms with van der Waals surface area (Å²) in [4.78, 5) is 15.7. The van der Waals surface area contributed by atoms with Crippen LogP contribution in [0, 0.1) is 10.1 Å². The zero-order valence-corrected chi connectivity index (χ0v) is 21.1. The molecule has 0 amide bonds. The molecule has 2 N–H and O–H groups in total. The van der Waals surface area contributed by atoms with Gasteiger partial charge in [-0.1, -0.05) is 66.7 Å². The number of imidazole rings is 1. The van der Waals surface area contributed by atoms with Gasteiger partial charge in [0.15, 0.2) is 5.75 Å². The van der Waals surface area contributed by atoms with E-state index in [4.69, 9.17) is 4.74 Å². The molecule has 0 saturated carbocycles. The van der Waals surface area contributed by atoms with Crippen molar-refractivity contribution in [2.24, 2.45) is 0 Å². The maximum Gasteiger partial charge on any atom is 0.311 e. The van der Waals surface area contributed by atoms with Gasteiger partial charge < -0.3 is 19.7 Å². The predicted molar refractivity (Wildman–Crippen MR) is 143 cm³/mol. The molecule has 0 radical (unpaired) electrons. The lowest BCUT2D eigenvalue weighted by molar-refractivity contribution is -0.386. The van der Waals surface area contributed by atoms with Crippen molar-refractivity contribution in [1.82, 2.24) is 14.9 Å². The third-order valence-electron chi connectivity index (χ3n) is 6.27. The average Bonchev–Trinajstić information content (AvgIpc) is 3.40. The number of nitro benzene ring substituents is 1. The van der Waals surface area contributed by atoms with E-state index in [1.165, 1.54) is 6.07 Å². The molecule has 3 aromatic carbocycles. The van der Waals surface area contributed by atoms with E-state index >= 15 is 0 Å². The number of aliphatic hydroxyl groups excluding tert-OH is 1. The molecular formula is C29H32N4O4. The first kappa shape index (κ1) is 26.1. The Morgan fingerprint density at radius 1 is 1.08 bits per heavy atom. The lowest BCUT2D eigenvalue weighted by Gasteiger charge is -2.28. The molecule has 192 valence electrons. The van der Waals surface area contributed by atoms with E-state index in [1.54, 1.807) is 12.1 Å². The number of benzene rings is 3. The van der Waals surface area contributed by atoms with Gasteiger partial charge in [-0.25, -0.2) is 4.98 Å². The Bertz CT molecular complexity index is 1310. The van der Waals surface area contributed by atoms with Crippen LogP contribution < -0.4 is 10.1 Å². The highest BCUT2D eigenvalue weighted by Gasteiger charge is 2.22. The Labute approximate surface area is 216 Å². The summed E-state index contributed by atoms with van der Waals surface area (Å²) in [6.07, 6.45) is 3.75. The monoisotopic (exact) mass is 500 g/mol. The summed E-state index contributed by atoms with van der Waals surface area (Å²) in [6.45, 7) is 5.38. The second-order valence-electron chi connectivity index (χ2n) is 9.65. The molecule has 1 heterocycles. The molecule has 0 aliphatic carbocycles. The standard InChI is InChI=1S/C29H32N4O4/c1-29(2,15-16-32-19-25(30-21-32)23-11-7-4-8-12-23)31-18-27(34)24-13-14-28(26(17-24)33(35)36)37-20-22-9-5-3-6-10-22/h3-14,17,19,21,27,31,34H,15-16,18,20H2,1-2H3/t27-/m0/s1. The van der Waals surface area contributed by atoms with Gasteiger partial charge in [-0.3, -0.25) is 10.1 Å². The van der Waals surface area contributed by atoms with Crippen molar-refractivity contribution < 1.29 is 14.8 Å². The fourth-order valence-electron chi connectivity index (χ4n) is 3.97. The molecule has 37 heavy (non-hydrogen) atoms. The van der Waals surface area contributed by atoms with E-state index in [1.807, 2.05) is 73.2 Å². The minimum Gasteiger partial charge on any atom is -0.482 e. The van der Waals surface area contributed by atoms with Crippen LogP contribution in [-0.2, 0) is 13.2 Å². The van der Waals surface area contributed by atoms with Crippen LogP contribution in [0.5, 0.6) is 5.75 Å². The Balaban J connectivity index is 1.32. The summed E-state index contributed by atoms with van der Waals surface area (Å²) in [7, 11) is 0. The predicted octanol–water partition coefficient (Wildman–Crippen LogP) is 5.53. The second kappa shape index (κ2) is 11.8. The van der Waals surface area contributed by atoms with Crippen molar-refractivity contribution in [2.75, 3.05) is 6.54 Å². The van der Waals surface area contributed by atoms with Crippen LogP contribution in [0.15, 0.2) is 91.4 Å². The normalized spacial score (nSPS) is 12.3. The molecular weight excluding hydrogens is 468 g/mol. The van der Waals surface area contributed by atoms with Crippen LogP contribution in [0.4, 0.5) is 5.69 Å². The Morgan fingerprint density at radius 2 is 1.78 bits per heavy atom. The number of nitrogens with one attached hydrogen (secondary N) is 1. The topological polar surface area (TPSA) is 102 Å². The van der Waals surface area contributed by atoms with E-state index in [0.717, 1.165) is 29.8 Å². The number of aliphatic hydroxyl groups is 1. The molecule has 0 aliphatic heterocycles. The zero-order chi connectivity index (χ0) is 26.3. The summed E-state index contributed by atoms with van der Waals surface area (Å²) >= 11 is 0. The number of nitro groups is 1. The van der Waals surface area contributed by atoms with E-state index in [2.05, 4.69) is 28.7 Å². The maximum atomic E-state index is 11.7. The van der Waals surface area contributed by atoms with Gasteiger partial charge in [0.05, 0.1) is 23.0 Å². The van der Waals surface area contributed by atoms with E-state index in [9.17, 15) is 15.2 Å². The molecule has 0 bridgehead atoms. The molecule has 1 atom stereocenters. The summed E-state index contributed by atoms with van der Waals surface area (Å²) < 4.78 is 7.75. The molecule has 0 saturated heterocycles. The Hall–Kier alpha value is -4.01. The van der Waals surface area contributed by atoms with Crippen LogP contribution in [0.3, 0.4) is 0 Å². The molecule has 0 aliphatic rings.